The molecule has 0 radical (unpaired) electrons. The fraction of sp³-hybridized carbons (Fsp3) is 1.00. The van der Waals surface area contributed by atoms with E-state index >= 15 is 0 Å². The van der Waals surface area contributed by atoms with E-state index in [9.17, 15) is 0 Å². The summed E-state index contributed by atoms with van der Waals surface area (Å²) in [7, 11) is 0. The zero-order chi connectivity index (χ0) is 8.65. The van der Waals surface area contributed by atoms with Crippen molar-refractivity contribution >= 4 is 0 Å². The lowest BCUT2D eigenvalue weighted by atomic mass is 9.86. The summed E-state index contributed by atoms with van der Waals surface area (Å²) in [6.45, 7) is 11.9. The van der Waals surface area contributed by atoms with Crippen LogP contribution in [0, 0.1) is 23.2 Å². The first-order valence-corrected chi connectivity index (χ1v) is 4.96. The van der Waals surface area contributed by atoms with Gasteiger partial charge in [-0.15, -0.1) is 0 Å². The van der Waals surface area contributed by atoms with E-state index in [0.29, 0.717) is 5.41 Å². The van der Waals surface area contributed by atoms with Gasteiger partial charge >= 0.3 is 0 Å². The summed E-state index contributed by atoms with van der Waals surface area (Å²) >= 11 is 0. The van der Waals surface area contributed by atoms with Gasteiger partial charge in [-0.3, -0.25) is 0 Å². The van der Waals surface area contributed by atoms with E-state index in [1.807, 2.05) is 0 Å². The maximum atomic E-state index is 2.44. The van der Waals surface area contributed by atoms with Crippen molar-refractivity contribution in [2.24, 2.45) is 23.2 Å². The van der Waals surface area contributed by atoms with Crippen LogP contribution in [0.4, 0.5) is 0 Å². The predicted octanol–water partition coefficient (Wildman–Crippen LogP) is 3.71. The van der Waals surface area contributed by atoms with Gasteiger partial charge < -0.3 is 0 Å². The minimum atomic E-state index is 0.712. The minimum absolute atomic E-state index is 0.712. The SMILES string of the molecule is CC(C)C(C)CC1(C)CC1C. The molecule has 11 heavy (non-hydrogen) atoms. The van der Waals surface area contributed by atoms with Crippen LogP contribution in [0.3, 0.4) is 0 Å². The molecule has 0 bridgehead atoms. The molecular formula is C11H22. The van der Waals surface area contributed by atoms with Crippen LogP contribution >= 0.6 is 0 Å². The summed E-state index contributed by atoms with van der Waals surface area (Å²) in [5, 5.41) is 0. The van der Waals surface area contributed by atoms with Crippen LogP contribution in [0.1, 0.15) is 47.5 Å². The summed E-state index contributed by atoms with van der Waals surface area (Å²) in [5.41, 5.74) is 0.712. The first kappa shape index (κ1) is 9.09. The van der Waals surface area contributed by atoms with Crippen LogP contribution in [0.15, 0.2) is 0 Å². The summed E-state index contributed by atoms with van der Waals surface area (Å²) in [6, 6.07) is 0. The molecule has 1 aliphatic carbocycles. The highest BCUT2D eigenvalue weighted by atomic mass is 14.5. The number of hydrogen-bond donors (Lipinski definition) is 0. The van der Waals surface area contributed by atoms with Gasteiger partial charge in [-0.1, -0.05) is 34.6 Å². The predicted molar refractivity (Wildman–Crippen MR) is 50.5 cm³/mol. The third kappa shape index (κ3) is 1.98. The molecule has 1 aliphatic rings. The Bertz CT molecular complexity index is 137. The smallest absolute Gasteiger partial charge is 0.0295 e. The second-order valence-corrected chi connectivity index (χ2v) is 5.18. The summed E-state index contributed by atoms with van der Waals surface area (Å²) in [4.78, 5) is 0. The molecule has 0 heteroatoms. The molecule has 1 rings (SSSR count). The molecule has 0 nitrogen and oxygen atoms in total. The van der Waals surface area contributed by atoms with Crippen LogP contribution < -0.4 is 0 Å². The molecule has 3 unspecified atom stereocenters. The second kappa shape index (κ2) is 2.80. The summed E-state index contributed by atoms with van der Waals surface area (Å²) in [6.07, 6.45) is 2.90. The topological polar surface area (TPSA) is 0 Å². The van der Waals surface area contributed by atoms with Crippen LogP contribution in [0.2, 0.25) is 0 Å². The van der Waals surface area contributed by atoms with Gasteiger partial charge in [-0.25, -0.2) is 0 Å². The standard InChI is InChI=1S/C11H22/c1-8(2)9(3)6-11(5)7-10(11)4/h8-10H,6-7H2,1-5H3. The summed E-state index contributed by atoms with van der Waals surface area (Å²) < 4.78 is 0. The fourth-order valence-corrected chi connectivity index (χ4v) is 1.90. The molecule has 0 N–H and O–H groups in total. The fourth-order valence-electron chi connectivity index (χ4n) is 1.90. The monoisotopic (exact) mass is 154 g/mol. The van der Waals surface area contributed by atoms with Crippen molar-refractivity contribution in [3.05, 3.63) is 0 Å². The molecule has 1 saturated carbocycles. The molecule has 1 fully saturated rings. The van der Waals surface area contributed by atoms with Crippen LogP contribution in [-0.4, -0.2) is 0 Å². The Morgan fingerprint density at radius 2 is 1.82 bits per heavy atom. The normalized spacial score (nSPS) is 39.3. The minimum Gasteiger partial charge on any atom is -0.0625 e. The Balaban J connectivity index is 2.31. The van der Waals surface area contributed by atoms with Crippen LogP contribution in [0.25, 0.3) is 0 Å². The largest absolute Gasteiger partial charge is 0.0625 e. The molecule has 0 spiro atoms. The third-order valence-corrected chi connectivity index (χ3v) is 3.73. The Morgan fingerprint density at radius 1 is 1.36 bits per heavy atom. The second-order valence-electron chi connectivity index (χ2n) is 5.18. The van der Waals surface area contributed by atoms with E-state index in [0.717, 1.165) is 17.8 Å². The molecule has 0 saturated heterocycles. The quantitative estimate of drug-likeness (QED) is 0.581. The van der Waals surface area contributed by atoms with Crippen LogP contribution in [0.5, 0.6) is 0 Å². The van der Waals surface area contributed by atoms with Gasteiger partial charge in [0.1, 0.15) is 0 Å². The zero-order valence-electron chi connectivity index (χ0n) is 8.65. The molecule has 0 amide bonds. The first-order valence-electron chi connectivity index (χ1n) is 4.96. The molecule has 0 aromatic heterocycles. The zero-order valence-corrected chi connectivity index (χ0v) is 8.65. The van der Waals surface area contributed by atoms with Gasteiger partial charge in [0, 0.05) is 0 Å². The molecule has 0 aromatic carbocycles. The maximum absolute atomic E-state index is 2.44. The van der Waals surface area contributed by atoms with Crippen molar-refractivity contribution in [2.45, 2.75) is 47.5 Å². The van der Waals surface area contributed by atoms with Crippen molar-refractivity contribution < 1.29 is 0 Å². The lowest BCUT2D eigenvalue weighted by Crippen LogP contribution is -2.10. The first-order chi connectivity index (χ1) is 4.96. The van der Waals surface area contributed by atoms with Crippen molar-refractivity contribution in [3.63, 3.8) is 0 Å². The average Bonchev–Trinajstić information content (AvgIpc) is 2.39. The average molecular weight is 154 g/mol. The molecule has 0 heterocycles. The molecule has 66 valence electrons. The Hall–Kier alpha value is 0. The van der Waals surface area contributed by atoms with E-state index in [4.69, 9.17) is 0 Å². The number of rotatable bonds is 3. The van der Waals surface area contributed by atoms with E-state index in [1.165, 1.54) is 12.8 Å². The highest BCUT2D eigenvalue weighted by Gasteiger charge is 2.46. The molecule has 3 atom stereocenters. The van der Waals surface area contributed by atoms with Crippen LogP contribution in [-0.2, 0) is 0 Å². The Kier molecular flexibility index (Phi) is 2.32. The van der Waals surface area contributed by atoms with E-state index in [1.54, 1.807) is 0 Å². The highest BCUT2D eigenvalue weighted by Crippen LogP contribution is 2.56. The third-order valence-electron chi connectivity index (χ3n) is 3.73. The van der Waals surface area contributed by atoms with Gasteiger partial charge in [0.15, 0.2) is 0 Å². The van der Waals surface area contributed by atoms with Gasteiger partial charge in [0.2, 0.25) is 0 Å². The van der Waals surface area contributed by atoms with E-state index in [-0.39, 0.29) is 0 Å². The number of hydrogen-bond acceptors (Lipinski definition) is 0. The summed E-state index contributed by atoms with van der Waals surface area (Å²) in [5.74, 6) is 2.76. The van der Waals surface area contributed by atoms with Crippen molar-refractivity contribution in [1.29, 1.82) is 0 Å². The van der Waals surface area contributed by atoms with E-state index < -0.39 is 0 Å². The lowest BCUT2D eigenvalue weighted by molar-refractivity contribution is 0.306. The van der Waals surface area contributed by atoms with Crippen molar-refractivity contribution in [1.82, 2.24) is 0 Å². The molecule has 0 aromatic rings. The maximum Gasteiger partial charge on any atom is -0.0295 e. The highest BCUT2D eigenvalue weighted by molar-refractivity contribution is 4.96. The Morgan fingerprint density at radius 3 is 2.09 bits per heavy atom. The van der Waals surface area contributed by atoms with Gasteiger partial charge in [0.05, 0.1) is 0 Å². The lowest BCUT2D eigenvalue weighted by Gasteiger charge is -2.20. The van der Waals surface area contributed by atoms with Gasteiger partial charge in [-0.2, -0.15) is 0 Å². The van der Waals surface area contributed by atoms with Gasteiger partial charge in [0.25, 0.3) is 0 Å². The van der Waals surface area contributed by atoms with Crippen molar-refractivity contribution in [2.75, 3.05) is 0 Å². The van der Waals surface area contributed by atoms with E-state index in [2.05, 4.69) is 34.6 Å². The Labute approximate surface area is 71.4 Å². The molecule has 0 aliphatic heterocycles. The van der Waals surface area contributed by atoms with Crippen molar-refractivity contribution in [3.8, 4) is 0 Å². The molecular weight excluding hydrogens is 132 g/mol. The van der Waals surface area contributed by atoms with Gasteiger partial charge in [-0.05, 0) is 36.0 Å².